The van der Waals surface area contributed by atoms with Gasteiger partial charge in [-0.25, -0.2) is 4.39 Å². The number of hydrogen-bond donors (Lipinski definition) is 3. The van der Waals surface area contributed by atoms with Crippen molar-refractivity contribution in [3.8, 4) is 0 Å². The van der Waals surface area contributed by atoms with E-state index >= 15 is 0 Å². The van der Waals surface area contributed by atoms with Crippen molar-refractivity contribution in [3.63, 3.8) is 0 Å². The van der Waals surface area contributed by atoms with Crippen LogP contribution in [0.15, 0.2) is 24.3 Å². The van der Waals surface area contributed by atoms with Crippen molar-refractivity contribution in [2.45, 2.75) is 18.9 Å². The molecule has 1 aromatic carbocycles. The van der Waals surface area contributed by atoms with Crippen molar-refractivity contribution in [3.05, 3.63) is 35.6 Å². The summed E-state index contributed by atoms with van der Waals surface area (Å²) in [6, 6.07) is 5.84. The topological polar surface area (TPSA) is 92.4 Å². The predicted molar refractivity (Wildman–Crippen MR) is 62.9 cm³/mol. The fourth-order valence-electron chi connectivity index (χ4n) is 1.31. The Kier molecular flexibility index (Phi) is 5.26. The smallest absolute Gasteiger partial charge is 0.248 e. The molecule has 2 amide bonds. The highest BCUT2D eigenvalue weighted by molar-refractivity contribution is 5.81. The van der Waals surface area contributed by atoms with Gasteiger partial charge in [0.15, 0.2) is 0 Å². The number of aliphatic hydroxyl groups is 1. The minimum absolute atomic E-state index is 0.192. The Morgan fingerprint density at radius 3 is 2.50 bits per heavy atom. The quantitative estimate of drug-likeness (QED) is 0.652. The fourth-order valence-corrected chi connectivity index (χ4v) is 1.31. The zero-order valence-corrected chi connectivity index (χ0v) is 9.73. The van der Waals surface area contributed by atoms with Gasteiger partial charge in [0.1, 0.15) is 11.9 Å². The first kappa shape index (κ1) is 14.1. The first-order chi connectivity index (χ1) is 8.49. The molecule has 0 saturated carbocycles. The molecule has 6 heteroatoms. The fraction of sp³-hybridized carbons (Fsp3) is 0.333. The van der Waals surface area contributed by atoms with Crippen LogP contribution < -0.4 is 11.1 Å². The lowest BCUT2D eigenvalue weighted by atomic mass is 10.1. The maximum atomic E-state index is 12.6. The molecular formula is C12H15FN2O3. The average Bonchev–Trinajstić information content (AvgIpc) is 2.35. The van der Waals surface area contributed by atoms with Crippen molar-refractivity contribution in [2.24, 2.45) is 5.73 Å². The number of aliphatic hydroxyl groups excluding tert-OH is 1. The second-order valence-corrected chi connectivity index (χ2v) is 3.85. The van der Waals surface area contributed by atoms with E-state index in [1.165, 1.54) is 12.1 Å². The van der Waals surface area contributed by atoms with Gasteiger partial charge in [0.05, 0.1) is 6.54 Å². The van der Waals surface area contributed by atoms with Gasteiger partial charge in [-0.15, -0.1) is 0 Å². The molecule has 0 aliphatic carbocycles. The molecule has 4 N–H and O–H groups in total. The SMILES string of the molecule is NC(=O)C(O)CNC(=O)CCc1ccc(F)cc1. The number of nitrogens with two attached hydrogens (primary N) is 1. The molecule has 0 fully saturated rings. The monoisotopic (exact) mass is 254 g/mol. The van der Waals surface area contributed by atoms with Gasteiger partial charge in [0.25, 0.3) is 0 Å². The summed E-state index contributed by atoms with van der Waals surface area (Å²) < 4.78 is 12.6. The molecule has 0 aliphatic rings. The predicted octanol–water partition coefficient (Wildman–Crippen LogP) is -0.279. The summed E-state index contributed by atoms with van der Waals surface area (Å²) in [6.07, 6.45) is -0.727. The van der Waals surface area contributed by atoms with E-state index in [-0.39, 0.29) is 24.7 Å². The minimum atomic E-state index is -1.38. The number of aryl methyl sites for hydroxylation is 1. The molecular weight excluding hydrogens is 239 g/mol. The highest BCUT2D eigenvalue weighted by atomic mass is 19.1. The van der Waals surface area contributed by atoms with Gasteiger partial charge in [-0.3, -0.25) is 9.59 Å². The molecule has 0 spiro atoms. The molecule has 1 atom stereocenters. The maximum Gasteiger partial charge on any atom is 0.248 e. The van der Waals surface area contributed by atoms with Gasteiger partial charge >= 0.3 is 0 Å². The van der Waals surface area contributed by atoms with Crippen molar-refractivity contribution in [2.75, 3.05) is 6.54 Å². The minimum Gasteiger partial charge on any atom is -0.381 e. The summed E-state index contributed by atoms with van der Waals surface area (Å²) in [5, 5.41) is 11.4. The summed E-state index contributed by atoms with van der Waals surface area (Å²) in [6.45, 7) is -0.197. The Hall–Kier alpha value is -1.95. The zero-order chi connectivity index (χ0) is 13.5. The van der Waals surface area contributed by atoms with E-state index in [0.29, 0.717) is 6.42 Å². The summed E-state index contributed by atoms with van der Waals surface area (Å²) in [5.41, 5.74) is 5.66. The number of carbonyl (C=O) groups excluding carboxylic acids is 2. The van der Waals surface area contributed by atoms with Crippen LogP contribution in [0.3, 0.4) is 0 Å². The number of halogens is 1. The van der Waals surface area contributed by atoms with Crippen LogP contribution in [-0.4, -0.2) is 29.6 Å². The van der Waals surface area contributed by atoms with Crippen molar-refractivity contribution >= 4 is 11.8 Å². The number of amides is 2. The number of carbonyl (C=O) groups is 2. The van der Waals surface area contributed by atoms with Crippen LogP contribution in [0.25, 0.3) is 0 Å². The van der Waals surface area contributed by atoms with E-state index in [1.54, 1.807) is 12.1 Å². The van der Waals surface area contributed by atoms with Crippen molar-refractivity contribution in [1.29, 1.82) is 0 Å². The second-order valence-electron chi connectivity index (χ2n) is 3.85. The first-order valence-electron chi connectivity index (χ1n) is 5.47. The van der Waals surface area contributed by atoms with Gasteiger partial charge in [-0.2, -0.15) is 0 Å². The molecule has 5 nitrogen and oxygen atoms in total. The van der Waals surface area contributed by atoms with Crippen LogP contribution >= 0.6 is 0 Å². The standard InChI is InChI=1S/C12H15FN2O3/c13-9-4-1-8(2-5-9)3-6-11(17)15-7-10(16)12(14)18/h1-2,4-5,10,16H,3,6-7H2,(H2,14,18)(H,15,17). The molecule has 1 aromatic rings. The van der Waals surface area contributed by atoms with Gasteiger partial charge in [-0.05, 0) is 24.1 Å². The molecule has 18 heavy (non-hydrogen) atoms. The van der Waals surface area contributed by atoms with Crippen LogP contribution in [0.4, 0.5) is 4.39 Å². The Morgan fingerprint density at radius 1 is 1.33 bits per heavy atom. The lowest BCUT2D eigenvalue weighted by Crippen LogP contribution is -2.40. The third kappa shape index (κ3) is 4.92. The molecule has 1 unspecified atom stereocenters. The van der Waals surface area contributed by atoms with Gasteiger partial charge in [0.2, 0.25) is 11.8 Å². The summed E-state index contributed by atoms with van der Waals surface area (Å²) in [5.74, 6) is -1.51. The van der Waals surface area contributed by atoms with E-state index < -0.39 is 12.0 Å². The lowest BCUT2D eigenvalue weighted by molar-refractivity contribution is -0.127. The summed E-state index contributed by atoms with van der Waals surface area (Å²) in [4.78, 5) is 21.9. The molecule has 0 saturated heterocycles. The van der Waals surface area contributed by atoms with Crippen LogP contribution in [0.5, 0.6) is 0 Å². The largest absolute Gasteiger partial charge is 0.381 e. The molecule has 0 aliphatic heterocycles. The Balaban J connectivity index is 2.29. The summed E-state index contributed by atoms with van der Waals surface area (Å²) >= 11 is 0. The molecule has 0 radical (unpaired) electrons. The van der Waals surface area contributed by atoms with E-state index in [4.69, 9.17) is 10.8 Å². The molecule has 0 bridgehead atoms. The molecule has 0 aromatic heterocycles. The second kappa shape index (κ2) is 6.70. The Bertz CT molecular complexity index is 420. The van der Waals surface area contributed by atoms with Gasteiger partial charge in [0, 0.05) is 6.42 Å². The normalized spacial score (nSPS) is 11.9. The van der Waals surface area contributed by atoms with Crippen molar-refractivity contribution in [1.82, 2.24) is 5.32 Å². The maximum absolute atomic E-state index is 12.6. The third-order valence-electron chi connectivity index (χ3n) is 2.37. The average molecular weight is 254 g/mol. The first-order valence-corrected chi connectivity index (χ1v) is 5.47. The number of rotatable bonds is 6. The van der Waals surface area contributed by atoms with Crippen LogP contribution in [-0.2, 0) is 16.0 Å². The Morgan fingerprint density at radius 2 is 1.94 bits per heavy atom. The zero-order valence-electron chi connectivity index (χ0n) is 9.73. The third-order valence-corrected chi connectivity index (χ3v) is 2.37. The number of benzene rings is 1. The molecule has 1 rings (SSSR count). The Labute approximate surface area is 104 Å². The van der Waals surface area contributed by atoms with E-state index in [2.05, 4.69) is 5.32 Å². The van der Waals surface area contributed by atoms with Gasteiger partial charge < -0.3 is 16.2 Å². The van der Waals surface area contributed by atoms with Crippen LogP contribution in [0.1, 0.15) is 12.0 Å². The van der Waals surface area contributed by atoms with E-state index in [0.717, 1.165) is 5.56 Å². The van der Waals surface area contributed by atoms with E-state index in [1.807, 2.05) is 0 Å². The number of primary amides is 1. The van der Waals surface area contributed by atoms with Crippen molar-refractivity contribution < 1.29 is 19.1 Å². The molecule has 0 heterocycles. The number of nitrogens with one attached hydrogen (secondary N) is 1. The lowest BCUT2D eigenvalue weighted by Gasteiger charge is -2.08. The highest BCUT2D eigenvalue weighted by Gasteiger charge is 2.11. The highest BCUT2D eigenvalue weighted by Crippen LogP contribution is 2.05. The van der Waals surface area contributed by atoms with Gasteiger partial charge in [-0.1, -0.05) is 12.1 Å². The van der Waals surface area contributed by atoms with Crippen LogP contribution in [0.2, 0.25) is 0 Å². The van der Waals surface area contributed by atoms with E-state index in [9.17, 15) is 14.0 Å². The van der Waals surface area contributed by atoms with Crippen LogP contribution in [0, 0.1) is 5.82 Å². The number of hydrogen-bond acceptors (Lipinski definition) is 3. The summed E-state index contributed by atoms with van der Waals surface area (Å²) in [7, 11) is 0. The molecule has 98 valence electrons.